The van der Waals surface area contributed by atoms with E-state index in [1.807, 2.05) is 24.3 Å². The highest BCUT2D eigenvalue weighted by Crippen LogP contribution is 2.25. The highest BCUT2D eigenvalue weighted by atomic mass is 16.6. The molecule has 0 N–H and O–H groups in total. The summed E-state index contributed by atoms with van der Waals surface area (Å²) in [5.74, 6) is -0.574. The van der Waals surface area contributed by atoms with Gasteiger partial charge in [-0.3, -0.25) is 4.90 Å². The molecule has 1 aliphatic heterocycles. The second-order valence-electron chi connectivity index (χ2n) is 8.21. The van der Waals surface area contributed by atoms with Crippen LogP contribution >= 0.6 is 0 Å². The molecule has 8 nitrogen and oxygen atoms in total. The summed E-state index contributed by atoms with van der Waals surface area (Å²) in [6.07, 6.45) is 0.0736. The van der Waals surface area contributed by atoms with Crippen molar-refractivity contribution in [3.8, 4) is 0 Å². The summed E-state index contributed by atoms with van der Waals surface area (Å²) in [5, 5.41) is 0. The zero-order valence-electron chi connectivity index (χ0n) is 18.2. The lowest BCUT2D eigenvalue weighted by Crippen LogP contribution is -2.44. The van der Waals surface area contributed by atoms with Crippen molar-refractivity contribution in [3.05, 3.63) is 42.0 Å². The van der Waals surface area contributed by atoms with Gasteiger partial charge in [0, 0.05) is 20.0 Å². The van der Waals surface area contributed by atoms with E-state index >= 15 is 0 Å². The van der Waals surface area contributed by atoms with Crippen LogP contribution in [-0.2, 0) is 25.5 Å². The van der Waals surface area contributed by atoms with Crippen LogP contribution in [0.1, 0.15) is 38.3 Å². The van der Waals surface area contributed by atoms with Gasteiger partial charge >= 0.3 is 18.2 Å². The minimum atomic E-state index is -0.862. The Morgan fingerprint density at radius 2 is 1.87 bits per heavy atom. The fourth-order valence-corrected chi connectivity index (χ4v) is 3.09. The molecule has 30 heavy (non-hydrogen) atoms. The van der Waals surface area contributed by atoms with Crippen molar-refractivity contribution in [2.24, 2.45) is 0 Å². The summed E-state index contributed by atoms with van der Waals surface area (Å²) >= 11 is 0. The zero-order valence-corrected chi connectivity index (χ0v) is 18.2. The summed E-state index contributed by atoms with van der Waals surface area (Å²) in [6.45, 7) is 9.35. The molecule has 2 atom stereocenters. The minimum Gasteiger partial charge on any atom is -0.467 e. The molecule has 2 rings (SSSR count). The van der Waals surface area contributed by atoms with Crippen molar-refractivity contribution in [1.29, 1.82) is 0 Å². The molecule has 8 heteroatoms. The number of hydrogen-bond donors (Lipinski definition) is 0. The number of ether oxygens (including phenoxy) is 3. The van der Waals surface area contributed by atoms with Crippen LogP contribution in [0.25, 0.3) is 6.08 Å². The van der Waals surface area contributed by atoms with Crippen LogP contribution in [-0.4, -0.2) is 66.4 Å². The van der Waals surface area contributed by atoms with Crippen molar-refractivity contribution in [2.75, 3.05) is 20.7 Å². The topological polar surface area (TPSA) is 85.4 Å². The largest absolute Gasteiger partial charge is 0.467 e. The Kier molecular flexibility index (Phi) is 7.48. The third kappa shape index (κ3) is 6.23. The number of amides is 2. The van der Waals surface area contributed by atoms with E-state index in [0.29, 0.717) is 6.54 Å². The van der Waals surface area contributed by atoms with E-state index in [2.05, 4.69) is 6.58 Å². The Bertz CT molecular complexity index is 784. The van der Waals surface area contributed by atoms with Gasteiger partial charge in [-0.25, -0.2) is 14.4 Å². The number of methoxy groups -OCH3 is 1. The van der Waals surface area contributed by atoms with Gasteiger partial charge in [-0.15, -0.1) is 0 Å². The molecule has 1 heterocycles. The van der Waals surface area contributed by atoms with E-state index in [9.17, 15) is 14.4 Å². The third-order valence-corrected chi connectivity index (χ3v) is 4.58. The van der Waals surface area contributed by atoms with Crippen molar-refractivity contribution in [2.45, 2.75) is 51.5 Å². The van der Waals surface area contributed by atoms with Crippen LogP contribution in [0.5, 0.6) is 0 Å². The summed E-state index contributed by atoms with van der Waals surface area (Å²) in [5.41, 5.74) is 1.22. The molecule has 2 amide bonds. The SMILES string of the molecule is C=Cc1ccc(CN(C)C(=O)O[C@@H]2C[C@@H](C(=O)OC)N(C(=O)OC(C)(C)C)C2)cc1. The molecule has 1 aromatic rings. The Labute approximate surface area is 177 Å². The Hall–Kier alpha value is -3.03. The van der Waals surface area contributed by atoms with E-state index in [-0.39, 0.29) is 13.0 Å². The van der Waals surface area contributed by atoms with Crippen molar-refractivity contribution < 1.29 is 28.6 Å². The average molecular weight is 418 g/mol. The zero-order chi connectivity index (χ0) is 22.5. The summed E-state index contributed by atoms with van der Waals surface area (Å²) < 4.78 is 15.7. The number of likely N-dealkylation sites (tertiary alicyclic amines) is 1. The molecule has 0 aromatic heterocycles. The predicted octanol–water partition coefficient (Wildman–Crippen LogP) is 3.45. The average Bonchev–Trinajstić information content (AvgIpc) is 3.10. The van der Waals surface area contributed by atoms with Gasteiger partial charge in [0.25, 0.3) is 0 Å². The first-order chi connectivity index (χ1) is 14.0. The number of esters is 1. The molecule has 0 unspecified atom stereocenters. The first kappa shape index (κ1) is 23.3. The lowest BCUT2D eigenvalue weighted by atomic mass is 10.1. The fraction of sp³-hybridized carbons (Fsp3) is 0.500. The van der Waals surface area contributed by atoms with Gasteiger partial charge < -0.3 is 19.1 Å². The summed E-state index contributed by atoms with van der Waals surface area (Å²) in [7, 11) is 2.88. The van der Waals surface area contributed by atoms with Gasteiger partial charge in [0.2, 0.25) is 0 Å². The van der Waals surface area contributed by atoms with Crippen molar-refractivity contribution >= 4 is 24.2 Å². The smallest absolute Gasteiger partial charge is 0.411 e. The van der Waals surface area contributed by atoms with Crippen LogP contribution in [0, 0.1) is 0 Å². The lowest BCUT2D eigenvalue weighted by Gasteiger charge is -2.27. The molecule has 0 spiro atoms. The van der Waals surface area contributed by atoms with Crippen molar-refractivity contribution in [3.63, 3.8) is 0 Å². The van der Waals surface area contributed by atoms with Gasteiger partial charge in [-0.1, -0.05) is 36.9 Å². The molecule has 1 fully saturated rings. The molecule has 1 aliphatic rings. The standard InChI is InChI=1S/C22H30N2O6/c1-7-15-8-10-16(11-9-15)13-23(5)20(26)29-17-12-18(19(25)28-6)24(14-17)21(27)30-22(2,3)4/h7-11,17-18H,1,12-14H2,2-6H3/t17-,18+/m1/s1. The van der Waals surface area contributed by atoms with Crippen molar-refractivity contribution in [1.82, 2.24) is 9.80 Å². The van der Waals surface area contributed by atoms with E-state index < -0.39 is 35.9 Å². The Morgan fingerprint density at radius 1 is 1.23 bits per heavy atom. The monoisotopic (exact) mass is 418 g/mol. The molecule has 1 saturated heterocycles. The normalized spacial score (nSPS) is 18.5. The van der Waals surface area contributed by atoms with Crippen LogP contribution in [0.15, 0.2) is 30.8 Å². The summed E-state index contributed by atoms with van der Waals surface area (Å²) in [4.78, 5) is 39.8. The van der Waals surface area contributed by atoms with Gasteiger partial charge in [0.1, 0.15) is 17.7 Å². The molecule has 0 bridgehead atoms. The molecule has 0 aliphatic carbocycles. The maximum absolute atomic E-state index is 12.5. The second-order valence-corrected chi connectivity index (χ2v) is 8.21. The minimum absolute atomic E-state index is 0.0578. The van der Waals surface area contributed by atoms with Crippen LogP contribution in [0.3, 0.4) is 0 Å². The van der Waals surface area contributed by atoms with Crippen LogP contribution in [0.2, 0.25) is 0 Å². The van der Waals surface area contributed by atoms with E-state index in [0.717, 1.165) is 11.1 Å². The molecule has 0 radical (unpaired) electrons. The van der Waals surface area contributed by atoms with Gasteiger partial charge in [0.05, 0.1) is 13.7 Å². The Balaban J connectivity index is 2.00. The summed E-state index contributed by atoms with van der Waals surface area (Å²) in [6, 6.07) is 6.79. The van der Waals surface area contributed by atoms with Crippen LogP contribution in [0.4, 0.5) is 9.59 Å². The van der Waals surface area contributed by atoms with Crippen LogP contribution < -0.4 is 0 Å². The quantitative estimate of drug-likeness (QED) is 0.538. The molecule has 1 aromatic carbocycles. The Morgan fingerprint density at radius 3 is 2.40 bits per heavy atom. The van der Waals surface area contributed by atoms with Gasteiger partial charge in [-0.2, -0.15) is 0 Å². The second kappa shape index (κ2) is 9.65. The number of carbonyl (C=O) groups is 3. The van der Waals surface area contributed by atoms with E-state index in [1.165, 1.54) is 16.9 Å². The number of carbonyl (C=O) groups excluding carboxylic acids is 3. The first-order valence-corrected chi connectivity index (χ1v) is 9.74. The lowest BCUT2D eigenvalue weighted by molar-refractivity contribution is -0.145. The fourth-order valence-electron chi connectivity index (χ4n) is 3.09. The highest BCUT2D eigenvalue weighted by molar-refractivity contribution is 5.82. The number of hydrogen-bond acceptors (Lipinski definition) is 6. The maximum Gasteiger partial charge on any atom is 0.411 e. The molecular formula is C22H30N2O6. The first-order valence-electron chi connectivity index (χ1n) is 9.74. The highest BCUT2D eigenvalue weighted by Gasteiger charge is 2.44. The molecular weight excluding hydrogens is 388 g/mol. The maximum atomic E-state index is 12.5. The van der Waals surface area contributed by atoms with E-state index in [1.54, 1.807) is 33.9 Å². The predicted molar refractivity (Wildman–Crippen MR) is 112 cm³/mol. The number of rotatable bonds is 5. The van der Waals surface area contributed by atoms with Gasteiger partial charge in [-0.05, 0) is 31.9 Å². The molecule has 164 valence electrons. The van der Waals surface area contributed by atoms with E-state index in [4.69, 9.17) is 14.2 Å². The number of nitrogens with zero attached hydrogens (tertiary/aromatic N) is 2. The number of benzene rings is 1. The molecule has 0 saturated carbocycles. The third-order valence-electron chi connectivity index (χ3n) is 4.58. The van der Waals surface area contributed by atoms with Gasteiger partial charge in [0.15, 0.2) is 0 Å².